The van der Waals surface area contributed by atoms with E-state index in [1.807, 2.05) is 6.92 Å². The Hall–Kier alpha value is -2.34. The minimum atomic E-state index is -3.63. The highest BCUT2D eigenvalue weighted by Gasteiger charge is 2.21. The lowest BCUT2D eigenvalue weighted by Crippen LogP contribution is -2.11. The molecule has 6 heteroatoms. The van der Waals surface area contributed by atoms with Gasteiger partial charge in [-0.1, -0.05) is 18.2 Å². The third-order valence-electron chi connectivity index (χ3n) is 3.19. The normalized spacial score (nSPS) is 11.7. The number of fused-ring (bicyclic) bond motifs is 1. The van der Waals surface area contributed by atoms with Gasteiger partial charge in [-0.05, 0) is 31.2 Å². The Labute approximate surface area is 123 Å². The van der Waals surface area contributed by atoms with Crippen molar-refractivity contribution in [1.29, 1.82) is 0 Å². The molecule has 0 atom stereocenters. The van der Waals surface area contributed by atoms with E-state index in [0.717, 1.165) is 0 Å². The molecule has 1 N–H and O–H groups in total. The number of nitrogens with one attached hydrogen (secondary N) is 1. The van der Waals surface area contributed by atoms with Crippen molar-refractivity contribution in [3.05, 3.63) is 54.9 Å². The summed E-state index contributed by atoms with van der Waals surface area (Å²) in [6.45, 7) is 2.65. The van der Waals surface area contributed by atoms with Crippen LogP contribution in [0, 0.1) is 0 Å². The van der Waals surface area contributed by atoms with Crippen molar-refractivity contribution in [3.8, 4) is 0 Å². The maximum Gasteiger partial charge on any atom is 0.268 e. The summed E-state index contributed by atoms with van der Waals surface area (Å²) in [6.07, 6.45) is 3.24. The number of benzene rings is 1. The van der Waals surface area contributed by atoms with Gasteiger partial charge in [0, 0.05) is 18.9 Å². The van der Waals surface area contributed by atoms with E-state index in [-0.39, 0.29) is 4.90 Å². The maximum atomic E-state index is 12.8. The molecule has 0 unspecified atom stereocenters. The van der Waals surface area contributed by atoms with E-state index in [1.165, 1.54) is 3.97 Å². The van der Waals surface area contributed by atoms with E-state index in [9.17, 15) is 8.42 Å². The summed E-state index contributed by atoms with van der Waals surface area (Å²) < 4.78 is 26.8. The topological polar surface area (TPSA) is 64.0 Å². The van der Waals surface area contributed by atoms with Crippen LogP contribution in [0.3, 0.4) is 0 Å². The predicted octanol–water partition coefficient (Wildman–Crippen LogP) is 2.71. The summed E-state index contributed by atoms with van der Waals surface area (Å²) in [5, 5.41) is 3.15. The summed E-state index contributed by atoms with van der Waals surface area (Å²) in [6, 6.07) is 11.9. The van der Waals surface area contributed by atoms with E-state index in [0.29, 0.717) is 23.3 Å². The van der Waals surface area contributed by atoms with Crippen molar-refractivity contribution in [1.82, 2.24) is 8.96 Å². The van der Waals surface area contributed by atoms with Crippen molar-refractivity contribution in [2.75, 3.05) is 11.9 Å². The minimum absolute atomic E-state index is 0.258. The fourth-order valence-electron chi connectivity index (χ4n) is 2.25. The number of nitrogens with zero attached hydrogens (tertiary/aromatic N) is 2. The maximum absolute atomic E-state index is 12.8. The molecule has 2 aromatic heterocycles. The molecule has 21 heavy (non-hydrogen) atoms. The van der Waals surface area contributed by atoms with Crippen molar-refractivity contribution < 1.29 is 8.42 Å². The molecule has 0 aliphatic carbocycles. The van der Waals surface area contributed by atoms with E-state index < -0.39 is 10.0 Å². The first-order valence-corrected chi connectivity index (χ1v) is 8.09. The first kappa shape index (κ1) is 13.6. The highest BCUT2D eigenvalue weighted by Crippen LogP contribution is 2.27. The lowest BCUT2D eigenvalue weighted by atomic mass is 10.3. The Morgan fingerprint density at radius 1 is 1.14 bits per heavy atom. The van der Waals surface area contributed by atoms with Crippen LogP contribution >= 0.6 is 0 Å². The molecule has 3 rings (SSSR count). The molecule has 0 spiro atoms. The fourth-order valence-corrected chi connectivity index (χ4v) is 3.63. The van der Waals surface area contributed by atoms with Gasteiger partial charge in [-0.2, -0.15) is 0 Å². The highest BCUT2D eigenvalue weighted by atomic mass is 32.2. The van der Waals surface area contributed by atoms with Gasteiger partial charge >= 0.3 is 0 Å². The largest absolute Gasteiger partial charge is 0.382 e. The monoisotopic (exact) mass is 301 g/mol. The molecule has 0 aliphatic rings. The zero-order chi connectivity index (χ0) is 14.9. The van der Waals surface area contributed by atoms with Gasteiger partial charge in [0.05, 0.1) is 16.1 Å². The third-order valence-corrected chi connectivity index (χ3v) is 4.88. The average molecular weight is 301 g/mol. The zero-order valence-corrected chi connectivity index (χ0v) is 12.3. The number of pyridine rings is 1. The van der Waals surface area contributed by atoms with Crippen LogP contribution in [0.2, 0.25) is 0 Å². The molecule has 0 fully saturated rings. The second kappa shape index (κ2) is 5.21. The van der Waals surface area contributed by atoms with Crippen LogP contribution in [0.15, 0.2) is 59.8 Å². The standard InChI is InChI=1S/C15H15N3O2S/c1-2-16-13-11-18(14-9-6-10-17-15(13)14)21(19,20)12-7-4-3-5-8-12/h3-11,16H,2H2,1H3. The van der Waals surface area contributed by atoms with Gasteiger partial charge in [0.1, 0.15) is 5.52 Å². The molecule has 0 saturated heterocycles. The van der Waals surface area contributed by atoms with E-state index in [4.69, 9.17) is 0 Å². The van der Waals surface area contributed by atoms with Crippen LogP contribution in [-0.2, 0) is 10.0 Å². The van der Waals surface area contributed by atoms with E-state index >= 15 is 0 Å². The molecule has 1 aromatic carbocycles. The summed E-state index contributed by atoms with van der Waals surface area (Å²) >= 11 is 0. The number of hydrogen-bond acceptors (Lipinski definition) is 4. The van der Waals surface area contributed by atoms with Crippen LogP contribution in [0.25, 0.3) is 11.0 Å². The average Bonchev–Trinajstić information content (AvgIpc) is 2.88. The van der Waals surface area contributed by atoms with Crippen LogP contribution in [0.1, 0.15) is 6.92 Å². The van der Waals surface area contributed by atoms with Crippen molar-refractivity contribution in [2.24, 2.45) is 0 Å². The van der Waals surface area contributed by atoms with Gasteiger partial charge in [0.15, 0.2) is 0 Å². The molecule has 0 bridgehead atoms. The van der Waals surface area contributed by atoms with Crippen LogP contribution in [0.5, 0.6) is 0 Å². The second-order valence-corrected chi connectivity index (χ2v) is 6.37. The molecule has 0 saturated carbocycles. The number of aromatic nitrogens is 2. The smallest absolute Gasteiger partial charge is 0.268 e. The minimum Gasteiger partial charge on any atom is -0.382 e. The predicted molar refractivity (Wildman–Crippen MR) is 82.9 cm³/mol. The van der Waals surface area contributed by atoms with Gasteiger partial charge in [0.2, 0.25) is 0 Å². The van der Waals surface area contributed by atoms with Gasteiger partial charge in [-0.15, -0.1) is 0 Å². The molecule has 5 nitrogen and oxygen atoms in total. The summed E-state index contributed by atoms with van der Waals surface area (Å²) in [5.74, 6) is 0. The van der Waals surface area contributed by atoms with Gasteiger partial charge in [0.25, 0.3) is 10.0 Å². The number of hydrogen-bond donors (Lipinski definition) is 1. The molecule has 2 heterocycles. The Morgan fingerprint density at radius 2 is 1.90 bits per heavy atom. The summed E-state index contributed by atoms with van der Waals surface area (Å²) in [7, 11) is -3.63. The van der Waals surface area contributed by atoms with Crippen LogP contribution in [0.4, 0.5) is 5.69 Å². The van der Waals surface area contributed by atoms with Crippen molar-refractivity contribution in [3.63, 3.8) is 0 Å². The number of anilines is 1. The summed E-state index contributed by atoms with van der Waals surface area (Å²) in [5.41, 5.74) is 1.93. The lowest BCUT2D eigenvalue weighted by Gasteiger charge is -2.06. The molecule has 0 radical (unpaired) electrons. The zero-order valence-electron chi connectivity index (χ0n) is 11.5. The Balaban J connectivity index is 2.26. The van der Waals surface area contributed by atoms with E-state index in [1.54, 1.807) is 54.9 Å². The van der Waals surface area contributed by atoms with Gasteiger partial charge in [-0.25, -0.2) is 12.4 Å². The third kappa shape index (κ3) is 2.27. The van der Waals surface area contributed by atoms with Crippen molar-refractivity contribution in [2.45, 2.75) is 11.8 Å². The first-order valence-electron chi connectivity index (χ1n) is 6.65. The SMILES string of the molecule is CCNc1cn(S(=O)(=O)c2ccccc2)c2cccnc12. The van der Waals surface area contributed by atoms with Crippen LogP contribution < -0.4 is 5.32 Å². The van der Waals surface area contributed by atoms with Crippen molar-refractivity contribution >= 4 is 26.7 Å². The van der Waals surface area contributed by atoms with Crippen LogP contribution in [-0.4, -0.2) is 23.9 Å². The Kier molecular flexibility index (Phi) is 3.39. The summed E-state index contributed by atoms with van der Waals surface area (Å²) in [4.78, 5) is 4.54. The highest BCUT2D eigenvalue weighted by molar-refractivity contribution is 7.90. The Morgan fingerprint density at radius 3 is 2.62 bits per heavy atom. The fraction of sp³-hybridized carbons (Fsp3) is 0.133. The first-order chi connectivity index (χ1) is 10.1. The molecule has 0 aliphatic heterocycles. The van der Waals surface area contributed by atoms with Gasteiger partial charge < -0.3 is 5.32 Å². The lowest BCUT2D eigenvalue weighted by molar-refractivity contribution is 0.589. The second-order valence-electron chi connectivity index (χ2n) is 4.56. The molecular weight excluding hydrogens is 286 g/mol. The molecule has 3 aromatic rings. The molecular formula is C15H15N3O2S. The molecule has 108 valence electrons. The Bertz CT molecular complexity index is 870. The van der Waals surface area contributed by atoms with E-state index in [2.05, 4.69) is 10.3 Å². The van der Waals surface area contributed by atoms with Gasteiger partial charge in [-0.3, -0.25) is 4.98 Å². The number of rotatable bonds is 4. The quantitative estimate of drug-likeness (QED) is 0.804. The molecule has 0 amide bonds.